The van der Waals surface area contributed by atoms with Crippen LogP contribution in [0.15, 0.2) is 42.0 Å². The Morgan fingerprint density at radius 2 is 1.76 bits per heavy atom. The number of methoxy groups -OCH3 is 1. The van der Waals surface area contributed by atoms with E-state index in [2.05, 4.69) is 15.5 Å². The van der Waals surface area contributed by atoms with Crippen LogP contribution in [0.1, 0.15) is 41.1 Å². The van der Waals surface area contributed by atoms with Crippen LogP contribution in [0.5, 0.6) is 11.5 Å². The molecule has 3 rings (SSSR count). The minimum Gasteiger partial charge on any atom is -0.493 e. The van der Waals surface area contributed by atoms with Gasteiger partial charge in [-0.3, -0.25) is 10.1 Å². The van der Waals surface area contributed by atoms with Gasteiger partial charge in [0.1, 0.15) is 11.6 Å². The van der Waals surface area contributed by atoms with E-state index in [1.807, 2.05) is 6.92 Å². The van der Waals surface area contributed by atoms with Gasteiger partial charge in [-0.2, -0.15) is 26.3 Å². The van der Waals surface area contributed by atoms with Crippen LogP contribution in [-0.2, 0) is 30.2 Å². The molecule has 37 heavy (non-hydrogen) atoms. The summed E-state index contributed by atoms with van der Waals surface area (Å²) in [5, 5.41) is 11.6. The van der Waals surface area contributed by atoms with Gasteiger partial charge in [0.2, 0.25) is 5.13 Å². The van der Waals surface area contributed by atoms with Crippen LogP contribution in [0.2, 0.25) is 0 Å². The predicted molar refractivity (Wildman–Crippen MR) is 125 cm³/mol. The molecule has 0 saturated carbocycles. The molecular formula is C24H21F6N3O3S. The van der Waals surface area contributed by atoms with E-state index in [-0.39, 0.29) is 17.6 Å². The van der Waals surface area contributed by atoms with E-state index in [1.165, 1.54) is 30.6 Å². The Morgan fingerprint density at radius 3 is 2.35 bits per heavy atom. The van der Waals surface area contributed by atoms with Crippen molar-refractivity contribution in [1.29, 1.82) is 0 Å². The van der Waals surface area contributed by atoms with Crippen molar-refractivity contribution >= 4 is 28.5 Å². The fraction of sp³-hybridized carbons (Fsp3) is 0.292. The fourth-order valence-corrected chi connectivity index (χ4v) is 3.82. The Hall–Kier alpha value is -3.61. The van der Waals surface area contributed by atoms with Crippen molar-refractivity contribution in [2.45, 2.75) is 39.2 Å². The maximum atomic E-state index is 13.4. The first-order valence-electron chi connectivity index (χ1n) is 10.7. The minimum absolute atomic E-state index is 0.0580. The number of nitrogens with zero attached hydrogens (tertiary/aromatic N) is 2. The summed E-state index contributed by atoms with van der Waals surface area (Å²) in [5.41, 5.74) is -2.45. The first kappa shape index (κ1) is 28.0. The maximum absolute atomic E-state index is 13.4. The molecule has 0 fully saturated rings. The van der Waals surface area contributed by atoms with Gasteiger partial charge in [0.25, 0.3) is 5.91 Å². The van der Waals surface area contributed by atoms with Crippen molar-refractivity contribution in [1.82, 2.24) is 10.2 Å². The Bertz CT molecular complexity index is 1300. The fourth-order valence-electron chi connectivity index (χ4n) is 3.15. The molecule has 1 amide bonds. The van der Waals surface area contributed by atoms with E-state index in [0.29, 0.717) is 28.8 Å². The number of anilines is 1. The van der Waals surface area contributed by atoms with Crippen molar-refractivity contribution in [3.8, 4) is 11.5 Å². The zero-order valence-electron chi connectivity index (χ0n) is 19.8. The lowest BCUT2D eigenvalue weighted by atomic mass is 10.0. The summed E-state index contributed by atoms with van der Waals surface area (Å²) in [5.74, 6) is -0.185. The number of aromatic nitrogens is 2. The third-order valence-corrected chi connectivity index (χ3v) is 6.03. The second kappa shape index (κ2) is 11.2. The lowest BCUT2D eigenvalue weighted by Gasteiger charge is -2.17. The third-order valence-electron chi connectivity index (χ3n) is 5.04. The zero-order chi connectivity index (χ0) is 27.4. The number of rotatable bonds is 8. The number of benzene rings is 2. The van der Waals surface area contributed by atoms with E-state index in [9.17, 15) is 31.1 Å². The van der Waals surface area contributed by atoms with Gasteiger partial charge in [-0.15, -0.1) is 10.2 Å². The number of hydrogen-bond acceptors (Lipinski definition) is 6. The number of carbonyl (C=O) groups is 1. The summed E-state index contributed by atoms with van der Waals surface area (Å²) in [7, 11) is 1.31. The predicted octanol–water partition coefficient (Wildman–Crippen LogP) is 6.77. The molecular weight excluding hydrogens is 524 g/mol. The molecule has 0 saturated heterocycles. The zero-order valence-corrected chi connectivity index (χ0v) is 20.6. The number of hydrogen-bond donors (Lipinski definition) is 1. The molecule has 0 unspecified atom stereocenters. The standard InChI is InChI=1S/C24H21F6N3O3S/c1-4-20-32-33-22(37-20)31-21(34)13(2)9-14-5-8-18(19(10-14)35-3)36-12-15-6-7-16(23(25,26)27)11-17(15)24(28,29)30/h5-11H,4,12H2,1-3H3,(H,31,33,34). The lowest BCUT2D eigenvalue weighted by Crippen LogP contribution is -2.14. The molecule has 1 aromatic heterocycles. The Morgan fingerprint density at radius 1 is 1.03 bits per heavy atom. The molecule has 0 aliphatic heterocycles. The highest BCUT2D eigenvalue weighted by Crippen LogP contribution is 2.38. The van der Waals surface area contributed by atoms with Crippen molar-refractivity contribution < 1.29 is 40.6 Å². The second-order valence-electron chi connectivity index (χ2n) is 7.70. The molecule has 0 spiro atoms. The smallest absolute Gasteiger partial charge is 0.416 e. The first-order valence-corrected chi connectivity index (χ1v) is 11.5. The van der Waals surface area contributed by atoms with Crippen LogP contribution in [0.3, 0.4) is 0 Å². The van der Waals surface area contributed by atoms with E-state index in [1.54, 1.807) is 19.1 Å². The summed E-state index contributed by atoms with van der Waals surface area (Å²) in [6.45, 7) is 2.84. The molecule has 13 heteroatoms. The van der Waals surface area contributed by atoms with Gasteiger partial charge < -0.3 is 9.47 Å². The van der Waals surface area contributed by atoms with E-state index >= 15 is 0 Å². The number of aryl methyl sites for hydroxylation is 1. The highest BCUT2D eigenvalue weighted by atomic mass is 32.1. The number of carbonyl (C=O) groups excluding carboxylic acids is 1. The third kappa shape index (κ3) is 7.21. The molecule has 0 aliphatic carbocycles. The van der Waals surface area contributed by atoms with E-state index in [4.69, 9.17) is 9.47 Å². The Kier molecular flexibility index (Phi) is 8.46. The molecule has 1 heterocycles. The minimum atomic E-state index is -5.01. The van der Waals surface area contributed by atoms with Gasteiger partial charge in [0.05, 0.1) is 18.2 Å². The van der Waals surface area contributed by atoms with Gasteiger partial charge in [0, 0.05) is 11.1 Å². The van der Waals surface area contributed by atoms with E-state index in [0.717, 1.165) is 11.1 Å². The van der Waals surface area contributed by atoms with Crippen LogP contribution in [-0.4, -0.2) is 23.2 Å². The molecule has 0 atom stereocenters. The lowest BCUT2D eigenvalue weighted by molar-refractivity contribution is -0.143. The van der Waals surface area contributed by atoms with Gasteiger partial charge in [-0.1, -0.05) is 30.4 Å². The molecule has 0 radical (unpaired) electrons. The topological polar surface area (TPSA) is 73.3 Å². The molecule has 198 valence electrons. The highest BCUT2D eigenvalue weighted by molar-refractivity contribution is 7.15. The summed E-state index contributed by atoms with van der Waals surface area (Å²) in [6, 6.07) is 5.83. The maximum Gasteiger partial charge on any atom is 0.416 e. The molecule has 3 aromatic rings. The molecule has 6 nitrogen and oxygen atoms in total. The Balaban J connectivity index is 1.77. The van der Waals surface area contributed by atoms with Gasteiger partial charge in [-0.05, 0) is 49.2 Å². The number of ether oxygens (including phenoxy) is 2. The van der Waals surface area contributed by atoms with Gasteiger partial charge >= 0.3 is 12.4 Å². The van der Waals surface area contributed by atoms with Crippen LogP contribution < -0.4 is 14.8 Å². The summed E-state index contributed by atoms with van der Waals surface area (Å²) < 4.78 is 89.5. The monoisotopic (exact) mass is 545 g/mol. The van der Waals surface area contributed by atoms with Crippen LogP contribution in [0.25, 0.3) is 6.08 Å². The summed E-state index contributed by atoms with van der Waals surface area (Å²) >= 11 is 1.26. The van der Waals surface area contributed by atoms with Crippen molar-refractivity contribution in [3.63, 3.8) is 0 Å². The first-order chi connectivity index (χ1) is 17.3. The number of halogens is 6. The average molecular weight is 546 g/mol. The Labute approximate surface area is 211 Å². The van der Waals surface area contributed by atoms with Crippen molar-refractivity contribution in [2.75, 3.05) is 12.4 Å². The molecule has 1 N–H and O–H groups in total. The summed E-state index contributed by atoms with van der Waals surface area (Å²) in [4.78, 5) is 12.4. The molecule has 2 aromatic carbocycles. The average Bonchev–Trinajstić information content (AvgIpc) is 3.29. The van der Waals surface area contributed by atoms with Gasteiger partial charge in [0.15, 0.2) is 11.5 Å². The number of amides is 1. The van der Waals surface area contributed by atoms with Crippen LogP contribution in [0.4, 0.5) is 31.5 Å². The molecule has 0 bridgehead atoms. The highest BCUT2D eigenvalue weighted by Gasteiger charge is 2.38. The number of nitrogens with one attached hydrogen (secondary N) is 1. The normalized spacial score (nSPS) is 12.4. The van der Waals surface area contributed by atoms with Crippen LogP contribution >= 0.6 is 11.3 Å². The molecule has 0 aliphatic rings. The van der Waals surface area contributed by atoms with Crippen molar-refractivity contribution in [3.05, 3.63) is 69.2 Å². The van der Waals surface area contributed by atoms with Crippen LogP contribution in [0, 0.1) is 0 Å². The quantitative estimate of drug-likeness (QED) is 0.250. The van der Waals surface area contributed by atoms with Crippen molar-refractivity contribution in [2.24, 2.45) is 0 Å². The largest absolute Gasteiger partial charge is 0.493 e. The SMILES string of the molecule is CCc1nnc(NC(=O)C(C)=Cc2ccc(OCc3ccc(C(F)(F)F)cc3C(F)(F)F)c(OC)c2)s1. The second-order valence-corrected chi connectivity index (χ2v) is 8.76. The number of alkyl halides is 6. The van der Waals surface area contributed by atoms with Gasteiger partial charge in [-0.25, -0.2) is 0 Å². The summed E-state index contributed by atoms with van der Waals surface area (Å²) in [6.07, 6.45) is -7.69. The van der Waals surface area contributed by atoms with E-state index < -0.39 is 41.6 Å².